The minimum Gasteiger partial charge on any atom is -0.460 e. The molecule has 0 radical (unpaired) electrons. The Morgan fingerprint density at radius 2 is 1.89 bits per heavy atom. The van der Waals surface area contributed by atoms with Crippen molar-refractivity contribution in [2.24, 2.45) is 17.3 Å². The topological polar surface area (TPSA) is 107 Å². The molecule has 10 heteroatoms. The summed E-state index contributed by atoms with van der Waals surface area (Å²) in [6.45, 7) is 2.34. The van der Waals surface area contributed by atoms with Crippen LogP contribution in [0.25, 0.3) is 0 Å². The van der Waals surface area contributed by atoms with Gasteiger partial charge < -0.3 is 9.47 Å². The summed E-state index contributed by atoms with van der Waals surface area (Å²) in [6.07, 6.45) is 4.72. The fourth-order valence-corrected chi connectivity index (χ4v) is 7.18. The third-order valence-corrected chi connectivity index (χ3v) is 10.6. The normalized spacial score (nSPS) is 36.7. The lowest BCUT2D eigenvalue weighted by Gasteiger charge is -2.59. The summed E-state index contributed by atoms with van der Waals surface area (Å²) in [6, 6.07) is 0. The number of esters is 2. The number of ether oxygens (including phenoxy) is 2. The lowest BCUT2D eigenvalue weighted by atomic mass is 9.48. The number of hydrogen-bond acceptors (Lipinski definition) is 6. The second-order valence-corrected chi connectivity index (χ2v) is 12.7. The largest absolute Gasteiger partial charge is 0.460 e. The van der Waals surface area contributed by atoms with Crippen LogP contribution in [0.4, 0.5) is 4.39 Å². The maximum Gasteiger partial charge on any atom is 0.330 e. The van der Waals surface area contributed by atoms with E-state index >= 15 is 0 Å². The third kappa shape index (κ3) is 3.71. The van der Waals surface area contributed by atoms with E-state index in [4.69, 9.17) is 14.0 Å². The number of carbonyl (C=O) groups excluding carboxylic acids is 2. The van der Waals surface area contributed by atoms with Crippen LogP contribution in [0.1, 0.15) is 38.5 Å². The Labute approximate surface area is 167 Å². The molecule has 4 rings (SSSR count). The van der Waals surface area contributed by atoms with Crippen LogP contribution in [0.5, 0.6) is 0 Å². The van der Waals surface area contributed by atoms with E-state index < -0.39 is 63.4 Å². The summed E-state index contributed by atoms with van der Waals surface area (Å²) in [5, 5.41) is 0. The molecule has 0 heterocycles. The fraction of sp³-hybridized carbons (Fsp3) is 0.706. The molecule has 152 valence electrons. The van der Waals surface area contributed by atoms with Gasteiger partial charge in [-0.3, -0.25) is 9.35 Å². The van der Waals surface area contributed by atoms with Gasteiger partial charge >= 0.3 is 25.1 Å². The SMILES string of the molecule is C=CC(=O)OC12CC3CC(C1)CC(C(=O)OCC(F)(I=C)S(=O)(=O)O)(C3)C2. The molecule has 7 nitrogen and oxygen atoms in total. The fourth-order valence-electron chi connectivity index (χ4n) is 5.28. The molecule has 0 saturated heterocycles. The molecule has 4 fully saturated rings. The summed E-state index contributed by atoms with van der Waals surface area (Å²) >= 11 is -1.84. The summed E-state index contributed by atoms with van der Waals surface area (Å²) in [7, 11) is -5.04. The molecule has 4 aliphatic carbocycles. The quantitative estimate of drug-likeness (QED) is 0.182. The highest BCUT2D eigenvalue weighted by Gasteiger charge is 2.63. The Morgan fingerprint density at radius 3 is 2.37 bits per heavy atom. The molecular formula is C17H22FIO7S. The maximum absolute atomic E-state index is 14.4. The van der Waals surface area contributed by atoms with Crippen molar-refractivity contribution in [2.45, 2.75) is 47.1 Å². The Morgan fingerprint density at radius 1 is 1.30 bits per heavy atom. The van der Waals surface area contributed by atoms with Gasteiger partial charge in [-0.2, -0.15) is 8.42 Å². The van der Waals surface area contributed by atoms with Crippen LogP contribution in [0, 0.1) is 17.3 Å². The minimum atomic E-state index is -5.04. The summed E-state index contributed by atoms with van der Waals surface area (Å²) in [4.78, 5) is 24.6. The summed E-state index contributed by atoms with van der Waals surface area (Å²) < 4.78 is 57.0. The average molecular weight is 516 g/mol. The van der Waals surface area contributed by atoms with Gasteiger partial charge in [0.1, 0.15) is 5.60 Å². The van der Waals surface area contributed by atoms with E-state index in [0.717, 1.165) is 12.5 Å². The molecule has 0 aromatic heterocycles. The van der Waals surface area contributed by atoms with Gasteiger partial charge in [-0.15, -0.1) is 0 Å². The second-order valence-electron chi connectivity index (χ2n) is 7.87. The number of halogens is 2. The average Bonchev–Trinajstić information content (AvgIpc) is 2.56. The van der Waals surface area contributed by atoms with Crippen molar-refractivity contribution in [1.82, 2.24) is 0 Å². The Balaban J connectivity index is 1.79. The van der Waals surface area contributed by atoms with Gasteiger partial charge in [-0.1, -0.05) is 31.8 Å². The lowest BCUT2D eigenvalue weighted by Crippen LogP contribution is -2.60. The van der Waals surface area contributed by atoms with Crippen LogP contribution in [0.2, 0.25) is 0 Å². The zero-order valence-corrected chi connectivity index (χ0v) is 17.6. The Bertz CT molecular complexity index is 781. The molecule has 3 atom stereocenters. The first-order valence-electron chi connectivity index (χ1n) is 8.55. The van der Waals surface area contributed by atoms with E-state index in [9.17, 15) is 22.4 Å². The third-order valence-electron chi connectivity index (χ3n) is 5.87. The first kappa shape index (κ1) is 20.8. The van der Waals surface area contributed by atoms with E-state index in [0.29, 0.717) is 25.7 Å². The molecule has 0 amide bonds. The van der Waals surface area contributed by atoms with Crippen LogP contribution in [0.3, 0.4) is 0 Å². The van der Waals surface area contributed by atoms with Crippen LogP contribution >= 0.6 is 20.7 Å². The minimum absolute atomic E-state index is 0.188. The summed E-state index contributed by atoms with van der Waals surface area (Å²) in [5.41, 5.74) is -1.69. The highest BCUT2D eigenvalue weighted by atomic mass is 127. The van der Waals surface area contributed by atoms with Crippen molar-refractivity contribution in [3.8, 4) is 0 Å². The van der Waals surface area contributed by atoms with Gasteiger partial charge in [0, 0.05) is 12.5 Å². The first-order chi connectivity index (χ1) is 12.5. The van der Waals surface area contributed by atoms with E-state index in [2.05, 4.69) is 11.1 Å². The zero-order chi connectivity index (χ0) is 20.1. The number of rotatable bonds is 7. The zero-order valence-electron chi connectivity index (χ0n) is 14.7. The Kier molecular flexibility index (Phi) is 5.30. The van der Waals surface area contributed by atoms with Crippen LogP contribution in [-0.4, -0.2) is 44.6 Å². The monoisotopic (exact) mass is 516 g/mol. The van der Waals surface area contributed by atoms with E-state index in [1.807, 2.05) is 0 Å². The second kappa shape index (κ2) is 6.87. The van der Waals surface area contributed by atoms with Crippen molar-refractivity contribution >= 4 is 47.3 Å². The smallest absolute Gasteiger partial charge is 0.330 e. The van der Waals surface area contributed by atoms with Gasteiger partial charge in [-0.05, 0) is 43.9 Å². The molecule has 0 spiro atoms. The molecule has 0 aliphatic heterocycles. The molecule has 4 aliphatic rings. The highest BCUT2D eigenvalue weighted by Crippen LogP contribution is 2.63. The first-order valence-corrected chi connectivity index (χ1v) is 12.6. The van der Waals surface area contributed by atoms with Crippen molar-refractivity contribution in [2.75, 3.05) is 6.61 Å². The van der Waals surface area contributed by atoms with Crippen LogP contribution in [-0.2, 0) is 29.2 Å². The summed E-state index contributed by atoms with van der Waals surface area (Å²) in [5.74, 6) is -0.864. The predicted octanol–water partition coefficient (Wildman–Crippen LogP) is 2.51. The molecule has 0 aromatic rings. The van der Waals surface area contributed by atoms with Gasteiger partial charge in [0.25, 0.3) is 0 Å². The number of hydrogen-bond donors (Lipinski definition) is 1. The van der Waals surface area contributed by atoms with Crippen LogP contribution < -0.4 is 0 Å². The highest BCUT2D eigenvalue weighted by molar-refractivity contribution is 14.2. The maximum atomic E-state index is 14.4. The van der Waals surface area contributed by atoms with Gasteiger partial charge in [-0.25, -0.2) is 9.18 Å². The molecular weight excluding hydrogens is 494 g/mol. The molecule has 3 unspecified atom stereocenters. The van der Waals surface area contributed by atoms with E-state index in [-0.39, 0.29) is 18.3 Å². The standard InChI is InChI=1S/C17H22FIO7S/c1-3-13(20)26-16-7-11-4-12(8-16)6-15(5-11,9-16)14(21)25-10-17(18,19-2)27(22,23)24/h3,11-12H,1-2,4-10H2,(H,22,23,24). The molecule has 4 saturated carbocycles. The van der Waals surface area contributed by atoms with Crippen LogP contribution in [0.15, 0.2) is 12.7 Å². The molecule has 0 aromatic carbocycles. The van der Waals surface area contributed by atoms with Gasteiger partial charge in [0.05, 0.1) is 5.41 Å². The van der Waals surface area contributed by atoms with Crippen molar-refractivity contribution < 1.29 is 36.4 Å². The number of alkyl halides is 2. The molecule has 27 heavy (non-hydrogen) atoms. The predicted molar refractivity (Wildman–Crippen MR) is 104 cm³/mol. The lowest BCUT2D eigenvalue weighted by molar-refractivity contribution is -0.210. The van der Waals surface area contributed by atoms with Gasteiger partial charge in [0.15, 0.2) is 6.61 Å². The van der Waals surface area contributed by atoms with Gasteiger partial charge in [0.2, 0.25) is 0 Å². The Hall–Kier alpha value is -0.880. The van der Waals surface area contributed by atoms with Crippen molar-refractivity contribution in [3.63, 3.8) is 0 Å². The molecule has 4 bridgehead atoms. The van der Waals surface area contributed by atoms with Crippen molar-refractivity contribution in [3.05, 3.63) is 12.7 Å². The number of carbonyl (C=O) groups is 2. The molecule has 1 N–H and O–H groups in total. The van der Waals surface area contributed by atoms with E-state index in [1.54, 1.807) is 0 Å². The van der Waals surface area contributed by atoms with E-state index in [1.165, 1.54) is 0 Å². The van der Waals surface area contributed by atoms with Crippen molar-refractivity contribution in [1.29, 1.82) is 0 Å².